The third kappa shape index (κ3) is 12.1. The minimum atomic E-state index is 0. The van der Waals surface area contributed by atoms with E-state index < -0.39 is 0 Å². The average Bonchev–Trinajstić information content (AvgIpc) is 3.30. The van der Waals surface area contributed by atoms with E-state index in [1.807, 2.05) is 60.7 Å². The van der Waals surface area contributed by atoms with Gasteiger partial charge in [0.05, 0.1) is 0 Å². The molecule has 0 radical (unpaired) electrons. The molecule has 0 heterocycles. The molecule has 0 amide bonds. The van der Waals surface area contributed by atoms with Gasteiger partial charge in [-0.05, 0) is 122 Å². The van der Waals surface area contributed by atoms with Gasteiger partial charge in [0.1, 0.15) is 0 Å². The van der Waals surface area contributed by atoms with E-state index in [2.05, 4.69) is 230 Å². The maximum Gasteiger partial charge on any atom is 0.0464 e. The maximum atomic E-state index is 3.18. The largest absolute Gasteiger partial charge is 0.334 e. The normalized spacial score (nSPS) is 10.1. The van der Waals surface area contributed by atoms with Crippen molar-refractivity contribution in [3.63, 3.8) is 0 Å². The number of benzene rings is 9. The van der Waals surface area contributed by atoms with Crippen molar-refractivity contribution < 1.29 is 21.1 Å². The van der Waals surface area contributed by atoms with E-state index in [1.54, 1.807) is 0 Å². The van der Waals surface area contributed by atoms with Gasteiger partial charge in [0, 0.05) is 66.6 Å². The summed E-state index contributed by atoms with van der Waals surface area (Å²) in [6.45, 7) is 6.32. The van der Waals surface area contributed by atoms with E-state index in [4.69, 9.17) is 0 Å². The second-order valence-electron chi connectivity index (χ2n) is 14.3. The Morgan fingerprint density at radius 3 is 0.918 bits per heavy atom. The summed E-state index contributed by atoms with van der Waals surface area (Å²) in [6, 6.07) is 90.7. The number of hydrogen-bond acceptors (Lipinski definition) is 3. The molecular weight excluding hydrogens is 910 g/mol. The summed E-state index contributed by atoms with van der Waals surface area (Å²) < 4.78 is 0. The predicted molar refractivity (Wildman–Crippen MR) is 254 cm³/mol. The van der Waals surface area contributed by atoms with E-state index in [0.29, 0.717) is 0 Å². The molecule has 0 aromatic heterocycles. The minimum Gasteiger partial charge on any atom is -0.334 e. The van der Waals surface area contributed by atoms with Crippen LogP contribution in [0.1, 0.15) is 16.7 Å². The first kappa shape index (κ1) is 43.6. The zero-order chi connectivity index (χ0) is 41.4. The first-order valence-corrected chi connectivity index (χ1v) is 20.2. The number of para-hydroxylation sites is 2. The molecule has 61 heavy (non-hydrogen) atoms. The summed E-state index contributed by atoms with van der Waals surface area (Å²) >= 11 is 0. The second-order valence-corrected chi connectivity index (χ2v) is 14.3. The van der Waals surface area contributed by atoms with Crippen LogP contribution in [0.15, 0.2) is 237 Å². The molecule has 0 spiro atoms. The summed E-state index contributed by atoms with van der Waals surface area (Å²) in [7, 11) is 0. The fourth-order valence-electron chi connectivity index (χ4n) is 6.88. The van der Waals surface area contributed by atoms with Gasteiger partial charge in [-0.1, -0.05) is 73.3 Å². The molecule has 0 unspecified atom stereocenters. The molecule has 0 fully saturated rings. The molecule has 4 heteroatoms. The molecule has 0 atom stereocenters. The summed E-state index contributed by atoms with van der Waals surface area (Å²) in [5.74, 6) is 0. The summed E-state index contributed by atoms with van der Waals surface area (Å²) in [6.07, 6.45) is 0. The molecule has 9 rings (SSSR count). The first-order chi connectivity index (χ1) is 29.5. The van der Waals surface area contributed by atoms with E-state index in [0.717, 1.165) is 51.2 Å². The van der Waals surface area contributed by atoms with Crippen LogP contribution in [-0.4, -0.2) is 0 Å². The van der Waals surface area contributed by atoms with Crippen LogP contribution in [0, 0.1) is 39.0 Å². The zero-order valence-electron chi connectivity index (χ0n) is 34.8. The predicted octanol–water partition coefficient (Wildman–Crippen LogP) is 15.8. The maximum absolute atomic E-state index is 3.18. The van der Waals surface area contributed by atoms with E-state index >= 15 is 0 Å². The van der Waals surface area contributed by atoms with Crippen LogP contribution in [0.4, 0.5) is 51.2 Å². The van der Waals surface area contributed by atoms with E-state index in [9.17, 15) is 0 Å². The smallest absolute Gasteiger partial charge is 0.0464 e. The van der Waals surface area contributed by atoms with Gasteiger partial charge in [-0.25, -0.2) is 0 Å². The Labute approximate surface area is 377 Å². The Balaban J connectivity index is 0.000000379. The van der Waals surface area contributed by atoms with Crippen LogP contribution in [0.3, 0.4) is 0 Å². The minimum absolute atomic E-state index is 0. The van der Waals surface area contributed by atoms with Crippen molar-refractivity contribution in [2.24, 2.45) is 0 Å². The standard InChI is InChI=1S/C44H36N3.C7H7.C6H5.W/c1-34-14-12-22-43(32-34)46(37-18-8-4-9-19-37)41-28-24-39(25-29-41)45(36-16-6-3-7-17-36)40-26-30-42(31-27-40)47(38-20-10-5-11-21-38)44-23-13-15-35(2)33-44;1-7-5-3-2-4-6-7;1-2-4-6-5-3-1;/h4-33H,1-2H3;2-3,5-6H,1H3;1-5H;/q3*-1;. The van der Waals surface area contributed by atoms with Crippen LogP contribution < -0.4 is 14.7 Å². The molecule has 0 aliphatic carbocycles. The Kier molecular flexibility index (Phi) is 16.1. The van der Waals surface area contributed by atoms with Crippen molar-refractivity contribution in [2.45, 2.75) is 20.8 Å². The van der Waals surface area contributed by atoms with Gasteiger partial charge in [-0.2, -0.15) is 90.5 Å². The van der Waals surface area contributed by atoms with Crippen molar-refractivity contribution in [3.05, 3.63) is 271 Å². The molecule has 0 saturated carbocycles. The van der Waals surface area contributed by atoms with Crippen molar-refractivity contribution in [1.82, 2.24) is 0 Å². The van der Waals surface area contributed by atoms with E-state index in [1.165, 1.54) is 16.7 Å². The monoisotopic (exact) mass is 958 g/mol. The summed E-state index contributed by atoms with van der Waals surface area (Å²) in [5.41, 5.74) is 13.6. The summed E-state index contributed by atoms with van der Waals surface area (Å²) in [5, 5.41) is 0. The van der Waals surface area contributed by atoms with Gasteiger partial charge in [-0.15, -0.1) is 12.1 Å². The molecule has 300 valence electrons. The van der Waals surface area contributed by atoms with Crippen LogP contribution >= 0.6 is 0 Å². The van der Waals surface area contributed by atoms with Crippen molar-refractivity contribution in [2.75, 3.05) is 14.7 Å². The molecule has 9 aromatic rings. The Morgan fingerprint density at radius 1 is 0.262 bits per heavy atom. The van der Waals surface area contributed by atoms with Crippen molar-refractivity contribution in [3.8, 4) is 0 Å². The fraction of sp³-hybridized carbons (Fsp3) is 0.0526. The molecule has 0 aliphatic rings. The van der Waals surface area contributed by atoms with Gasteiger partial charge in [0.15, 0.2) is 0 Å². The molecule has 0 N–H and O–H groups in total. The number of nitrogens with zero attached hydrogens (tertiary/aromatic N) is 3. The molecule has 0 bridgehead atoms. The summed E-state index contributed by atoms with van der Waals surface area (Å²) in [4.78, 5) is 6.90. The molecular formula is C57H48N3W-3. The van der Waals surface area contributed by atoms with Crippen molar-refractivity contribution >= 4 is 51.2 Å². The number of anilines is 9. The van der Waals surface area contributed by atoms with Crippen LogP contribution in [-0.2, 0) is 21.1 Å². The van der Waals surface area contributed by atoms with Gasteiger partial charge in [0.25, 0.3) is 0 Å². The van der Waals surface area contributed by atoms with Gasteiger partial charge >= 0.3 is 0 Å². The quantitative estimate of drug-likeness (QED) is 0.134. The number of hydrogen-bond donors (Lipinski definition) is 0. The topological polar surface area (TPSA) is 9.72 Å². The van der Waals surface area contributed by atoms with Gasteiger partial charge in [0.2, 0.25) is 0 Å². The van der Waals surface area contributed by atoms with Gasteiger partial charge in [-0.3, -0.25) is 0 Å². The molecule has 0 saturated heterocycles. The SMILES string of the molecule is Cc1c[c-]ccc1.Cc1cccc(N(c2ccccc2)c2ccc(N(c3cc[c-]cc3)c3ccc(N(c4ccccc4)c4cccc(C)c4)cc3)cc2)c1.[W].[c-]1ccccc1. The average molecular weight is 959 g/mol. The fourth-order valence-corrected chi connectivity index (χ4v) is 6.88. The van der Waals surface area contributed by atoms with E-state index in [-0.39, 0.29) is 21.1 Å². The number of rotatable bonds is 9. The van der Waals surface area contributed by atoms with Crippen LogP contribution in [0.2, 0.25) is 0 Å². The van der Waals surface area contributed by atoms with Crippen molar-refractivity contribution in [1.29, 1.82) is 0 Å². The van der Waals surface area contributed by atoms with Gasteiger partial charge < -0.3 is 14.7 Å². The Morgan fingerprint density at radius 2 is 0.590 bits per heavy atom. The Bertz CT molecular complexity index is 2440. The first-order valence-electron chi connectivity index (χ1n) is 20.2. The van der Waals surface area contributed by atoms with Crippen LogP contribution in [0.25, 0.3) is 0 Å². The molecule has 3 nitrogen and oxygen atoms in total. The Hall–Kier alpha value is -6.93. The zero-order valence-corrected chi connectivity index (χ0v) is 37.7. The third-order valence-corrected chi connectivity index (χ3v) is 9.71. The second kappa shape index (κ2) is 22.4. The number of aryl methyl sites for hydroxylation is 3. The molecule has 0 aliphatic heterocycles. The molecule has 9 aromatic carbocycles. The third-order valence-electron chi connectivity index (χ3n) is 9.71. The van der Waals surface area contributed by atoms with Crippen LogP contribution in [0.5, 0.6) is 0 Å².